The van der Waals surface area contributed by atoms with E-state index in [1.807, 2.05) is 32.6 Å². The van der Waals surface area contributed by atoms with Crippen LogP contribution in [0.4, 0.5) is 0 Å². The molecule has 0 radical (unpaired) electrons. The zero-order chi connectivity index (χ0) is 11.8. The van der Waals surface area contributed by atoms with E-state index >= 15 is 0 Å². The molecule has 15 heavy (non-hydrogen) atoms. The Morgan fingerprint density at radius 3 is 2.33 bits per heavy atom. The molecule has 1 heterocycles. The van der Waals surface area contributed by atoms with Gasteiger partial charge >= 0.3 is 0 Å². The van der Waals surface area contributed by atoms with Crippen LogP contribution in [0.15, 0.2) is 0 Å². The van der Waals surface area contributed by atoms with Gasteiger partial charge in [-0.15, -0.1) is 0 Å². The number of rotatable bonds is 1. The zero-order valence-electron chi connectivity index (χ0n) is 10.2. The molecule has 0 aliphatic carbocycles. The minimum atomic E-state index is -0.440. The van der Waals surface area contributed by atoms with Gasteiger partial charge in [0.2, 0.25) is 5.91 Å². The quantitative estimate of drug-likeness (QED) is 0.658. The van der Waals surface area contributed by atoms with E-state index in [0.717, 1.165) is 13.0 Å². The second kappa shape index (κ2) is 4.10. The summed E-state index contributed by atoms with van der Waals surface area (Å²) in [5.41, 5.74) is 11.6. The number of nitrogens with two attached hydrogens (primary N) is 2. The number of hydrogen-bond acceptors (Lipinski definition) is 3. The molecular weight excluding hydrogens is 190 g/mol. The third kappa shape index (κ3) is 2.49. The molecule has 4 N–H and O–H groups in total. The molecule has 0 bridgehead atoms. The van der Waals surface area contributed by atoms with E-state index in [4.69, 9.17) is 11.5 Å². The Kier molecular flexibility index (Phi) is 3.41. The second-order valence-corrected chi connectivity index (χ2v) is 5.57. The zero-order valence-corrected chi connectivity index (χ0v) is 10.2. The number of carbonyl (C=O) groups is 1. The maximum atomic E-state index is 12.1. The highest BCUT2D eigenvalue weighted by Crippen LogP contribution is 2.23. The highest BCUT2D eigenvalue weighted by molar-refractivity contribution is 5.83. The Labute approximate surface area is 92.0 Å². The normalized spacial score (nSPS) is 29.3. The fourth-order valence-corrected chi connectivity index (χ4v) is 1.82. The van der Waals surface area contributed by atoms with Gasteiger partial charge in [0, 0.05) is 18.6 Å². The minimum absolute atomic E-state index is 0.0305. The largest absolute Gasteiger partial charge is 0.337 e. The van der Waals surface area contributed by atoms with Crippen molar-refractivity contribution in [2.24, 2.45) is 16.9 Å². The van der Waals surface area contributed by atoms with Crippen molar-refractivity contribution in [3.63, 3.8) is 0 Å². The number of nitrogens with zero attached hydrogens (tertiary/aromatic N) is 1. The first kappa shape index (κ1) is 12.5. The fraction of sp³-hybridized carbons (Fsp3) is 0.909. The van der Waals surface area contributed by atoms with Gasteiger partial charge in [0.05, 0.1) is 6.04 Å². The summed E-state index contributed by atoms with van der Waals surface area (Å²) in [5.74, 6) is 0.0305. The molecule has 0 aromatic rings. The van der Waals surface area contributed by atoms with Crippen molar-refractivity contribution in [1.29, 1.82) is 0 Å². The molecular formula is C11H23N3O. The van der Waals surface area contributed by atoms with Crippen LogP contribution in [0.3, 0.4) is 0 Å². The third-order valence-electron chi connectivity index (χ3n) is 3.30. The van der Waals surface area contributed by atoms with Gasteiger partial charge < -0.3 is 16.4 Å². The van der Waals surface area contributed by atoms with Gasteiger partial charge in [0.15, 0.2) is 0 Å². The van der Waals surface area contributed by atoms with Crippen LogP contribution in [0.25, 0.3) is 0 Å². The van der Waals surface area contributed by atoms with E-state index in [9.17, 15) is 4.79 Å². The lowest BCUT2D eigenvalue weighted by atomic mass is 9.86. The summed E-state index contributed by atoms with van der Waals surface area (Å²) < 4.78 is 0. The second-order valence-electron chi connectivity index (χ2n) is 5.57. The highest BCUT2D eigenvalue weighted by atomic mass is 16.2. The molecule has 1 saturated heterocycles. The Balaban J connectivity index is 2.70. The van der Waals surface area contributed by atoms with E-state index < -0.39 is 6.04 Å². The SMILES string of the molecule is CC1C(N)CCN1C(=O)[C@@H](N)C(C)(C)C. The van der Waals surface area contributed by atoms with Crippen molar-refractivity contribution < 1.29 is 4.79 Å². The Hall–Kier alpha value is -0.610. The molecule has 88 valence electrons. The first-order valence-corrected chi connectivity index (χ1v) is 5.57. The van der Waals surface area contributed by atoms with Crippen LogP contribution in [-0.2, 0) is 4.79 Å². The van der Waals surface area contributed by atoms with Crippen LogP contribution in [0.2, 0.25) is 0 Å². The van der Waals surface area contributed by atoms with Crippen LogP contribution >= 0.6 is 0 Å². The molecule has 4 heteroatoms. The lowest BCUT2D eigenvalue weighted by Gasteiger charge is -2.32. The predicted octanol–water partition coefficient (Wildman–Crippen LogP) is 0.308. The van der Waals surface area contributed by atoms with E-state index in [-0.39, 0.29) is 23.4 Å². The molecule has 1 aliphatic heterocycles. The Morgan fingerprint density at radius 1 is 1.47 bits per heavy atom. The summed E-state index contributed by atoms with van der Waals surface area (Å²) in [6, 6.07) is -0.225. The van der Waals surface area contributed by atoms with E-state index in [1.165, 1.54) is 0 Å². The van der Waals surface area contributed by atoms with E-state index in [2.05, 4.69) is 0 Å². The standard InChI is InChI=1S/C11H23N3O/c1-7-8(12)5-6-14(7)10(15)9(13)11(2,3)4/h7-9H,5-6,12-13H2,1-4H3/t7?,8?,9-/m1/s1. The summed E-state index contributed by atoms with van der Waals surface area (Å²) >= 11 is 0. The number of likely N-dealkylation sites (tertiary alicyclic amines) is 1. The molecule has 3 atom stereocenters. The first-order valence-electron chi connectivity index (χ1n) is 5.57. The van der Waals surface area contributed by atoms with Gasteiger partial charge in [0.1, 0.15) is 0 Å². The van der Waals surface area contributed by atoms with Crippen LogP contribution in [-0.4, -0.2) is 35.5 Å². The molecule has 1 aliphatic rings. The lowest BCUT2D eigenvalue weighted by Crippen LogP contribution is -2.52. The van der Waals surface area contributed by atoms with Gasteiger partial charge in [-0.3, -0.25) is 4.79 Å². The van der Waals surface area contributed by atoms with Gasteiger partial charge in [-0.25, -0.2) is 0 Å². The smallest absolute Gasteiger partial charge is 0.240 e. The van der Waals surface area contributed by atoms with Crippen molar-refractivity contribution in [3.8, 4) is 0 Å². The van der Waals surface area contributed by atoms with E-state index in [1.54, 1.807) is 0 Å². The average Bonchev–Trinajstić information content (AvgIpc) is 2.44. The van der Waals surface area contributed by atoms with E-state index in [0.29, 0.717) is 0 Å². The molecule has 4 nitrogen and oxygen atoms in total. The average molecular weight is 213 g/mol. The number of amides is 1. The Bertz CT molecular complexity index is 247. The lowest BCUT2D eigenvalue weighted by molar-refractivity contribution is -0.135. The van der Waals surface area contributed by atoms with Gasteiger partial charge in [-0.05, 0) is 18.8 Å². The van der Waals surface area contributed by atoms with Crippen molar-refractivity contribution in [1.82, 2.24) is 4.90 Å². The van der Waals surface area contributed by atoms with Crippen LogP contribution in [0.1, 0.15) is 34.1 Å². The van der Waals surface area contributed by atoms with Gasteiger partial charge in [-0.1, -0.05) is 20.8 Å². The topological polar surface area (TPSA) is 72.3 Å². The maximum Gasteiger partial charge on any atom is 0.240 e. The van der Waals surface area contributed by atoms with Crippen LogP contribution in [0.5, 0.6) is 0 Å². The summed E-state index contributed by atoms with van der Waals surface area (Å²) in [5, 5.41) is 0. The van der Waals surface area contributed by atoms with Gasteiger partial charge in [0.25, 0.3) is 0 Å². The highest BCUT2D eigenvalue weighted by Gasteiger charge is 2.37. The maximum absolute atomic E-state index is 12.1. The molecule has 0 spiro atoms. The number of carbonyl (C=O) groups excluding carboxylic acids is 1. The fourth-order valence-electron chi connectivity index (χ4n) is 1.82. The third-order valence-corrected chi connectivity index (χ3v) is 3.30. The molecule has 0 saturated carbocycles. The molecule has 2 unspecified atom stereocenters. The molecule has 1 fully saturated rings. The predicted molar refractivity (Wildman–Crippen MR) is 61.2 cm³/mol. The summed E-state index contributed by atoms with van der Waals surface area (Å²) in [6.07, 6.45) is 0.879. The summed E-state index contributed by atoms with van der Waals surface area (Å²) in [4.78, 5) is 13.9. The molecule has 0 aromatic carbocycles. The minimum Gasteiger partial charge on any atom is -0.337 e. The number of hydrogen-bond donors (Lipinski definition) is 2. The van der Waals surface area contributed by atoms with Crippen LogP contribution in [0, 0.1) is 5.41 Å². The van der Waals surface area contributed by atoms with Crippen molar-refractivity contribution in [3.05, 3.63) is 0 Å². The van der Waals surface area contributed by atoms with Gasteiger partial charge in [-0.2, -0.15) is 0 Å². The first-order chi connectivity index (χ1) is 6.75. The monoisotopic (exact) mass is 213 g/mol. The summed E-state index contributed by atoms with van der Waals surface area (Å²) in [6.45, 7) is 8.68. The van der Waals surface area contributed by atoms with Crippen molar-refractivity contribution in [2.45, 2.75) is 52.2 Å². The van der Waals surface area contributed by atoms with Crippen molar-refractivity contribution in [2.75, 3.05) is 6.54 Å². The molecule has 1 amide bonds. The van der Waals surface area contributed by atoms with Crippen LogP contribution < -0.4 is 11.5 Å². The Morgan fingerprint density at radius 2 is 2.00 bits per heavy atom. The molecule has 1 rings (SSSR count). The summed E-state index contributed by atoms with van der Waals surface area (Å²) in [7, 11) is 0. The molecule has 0 aromatic heterocycles. The van der Waals surface area contributed by atoms with Crippen molar-refractivity contribution >= 4 is 5.91 Å².